The molecule has 4 aromatic heterocycles. The van der Waals surface area contributed by atoms with Gasteiger partial charge >= 0.3 is 0 Å². The van der Waals surface area contributed by atoms with Gasteiger partial charge in [0.2, 0.25) is 0 Å². The van der Waals surface area contributed by atoms with Crippen molar-refractivity contribution in [2.75, 3.05) is 5.32 Å². The summed E-state index contributed by atoms with van der Waals surface area (Å²) in [6, 6.07) is 49.8. The third-order valence-corrected chi connectivity index (χ3v) is 12.7. The molecule has 279 valence electrons. The molecule has 1 radical (unpaired) electrons. The zero-order valence-electron chi connectivity index (χ0n) is 33.0. The smallest absolute Gasteiger partial charge is 0.197 e. The summed E-state index contributed by atoms with van der Waals surface area (Å²) in [4.78, 5) is 0. The zero-order chi connectivity index (χ0) is 39.3. The van der Waals surface area contributed by atoms with E-state index < -0.39 is 0 Å². The van der Waals surface area contributed by atoms with E-state index in [1.54, 1.807) is 0 Å². The average Bonchev–Trinajstić information content (AvgIpc) is 3.99. The molecule has 12 aromatic rings. The van der Waals surface area contributed by atoms with Crippen LogP contribution in [-0.4, -0.2) is 11.8 Å². The molecule has 0 atom stereocenters. The Balaban J connectivity index is 1.13. The largest absolute Gasteiger partial charge is 0.456 e. The number of aromatic nitrogens is 1. The first kappa shape index (κ1) is 32.9. The maximum Gasteiger partial charge on any atom is 0.197 e. The molecule has 0 aliphatic carbocycles. The first-order chi connectivity index (χ1) is 28.7. The van der Waals surface area contributed by atoms with E-state index in [2.05, 4.69) is 166 Å². The first-order valence-electron chi connectivity index (χ1n) is 20.3. The second-order valence-corrected chi connectivity index (χ2v) is 17.3. The Hall–Kier alpha value is -7.18. The Bertz CT molecular complexity index is 3780. The predicted octanol–water partition coefficient (Wildman–Crippen LogP) is 13.5. The van der Waals surface area contributed by atoms with Crippen molar-refractivity contribution in [2.45, 2.75) is 33.1 Å². The van der Waals surface area contributed by atoms with Crippen molar-refractivity contribution in [3.8, 4) is 16.8 Å². The summed E-state index contributed by atoms with van der Waals surface area (Å²) < 4.78 is 22.0. The Morgan fingerprint density at radius 3 is 1.75 bits per heavy atom. The lowest BCUT2D eigenvalue weighted by Gasteiger charge is -2.25. The Kier molecular flexibility index (Phi) is 6.40. The van der Waals surface area contributed by atoms with Gasteiger partial charge in [-0.2, -0.15) is 0 Å². The minimum Gasteiger partial charge on any atom is -0.456 e. The lowest BCUT2D eigenvalue weighted by molar-refractivity contribution is 0.590. The second-order valence-electron chi connectivity index (χ2n) is 17.3. The fourth-order valence-electron chi connectivity index (χ4n) is 9.82. The van der Waals surface area contributed by atoms with Gasteiger partial charge in [-0.3, -0.25) is 0 Å². The van der Waals surface area contributed by atoms with Gasteiger partial charge in [-0.1, -0.05) is 105 Å². The topological polar surface area (TPSA) is 56.4 Å². The van der Waals surface area contributed by atoms with Crippen molar-refractivity contribution in [1.29, 1.82) is 0 Å². The van der Waals surface area contributed by atoms with E-state index in [0.717, 1.165) is 105 Å². The van der Waals surface area contributed by atoms with E-state index in [4.69, 9.17) is 13.3 Å². The zero-order valence-corrected chi connectivity index (χ0v) is 33.0. The van der Waals surface area contributed by atoms with Crippen LogP contribution in [0.5, 0.6) is 0 Å². The normalized spacial score (nSPS) is 12.9. The number of aryl methyl sites for hydroxylation is 1. The molecule has 1 N–H and O–H groups in total. The molecular weight excluding hydrogens is 723 g/mol. The van der Waals surface area contributed by atoms with Crippen molar-refractivity contribution >= 4 is 117 Å². The molecule has 0 saturated heterocycles. The molecule has 59 heavy (non-hydrogen) atoms. The Morgan fingerprint density at radius 2 is 1.10 bits per heavy atom. The van der Waals surface area contributed by atoms with Crippen LogP contribution in [0, 0.1) is 6.92 Å². The highest BCUT2D eigenvalue weighted by atomic mass is 16.3. The molecule has 13 rings (SSSR count). The number of anilines is 2. The van der Waals surface area contributed by atoms with Crippen LogP contribution in [0.3, 0.4) is 0 Å². The summed E-state index contributed by atoms with van der Waals surface area (Å²) in [7, 11) is 2.39. The average molecular weight is 760 g/mol. The van der Waals surface area contributed by atoms with Crippen LogP contribution >= 0.6 is 0 Å². The SMILES string of the molecule is Cc1cc(-c2cc3c(cc2Nc2ccc(C(C)(C)C)cc2)oc2ccccc23)c2c3c1c1cc4c(cc1n3-c1cc3oc5ccccc5c3cc1[B]2)oc1ccccc14. The number of nitrogens with one attached hydrogen (secondary N) is 1. The molecule has 0 saturated carbocycles. The van der Waals surface area contributed by atoms with Crippen LogP contribution in [0.2, 0.25) is 0 Å². The van der Waals surface area contributed by atoms with Gasteiger partial charge in [0.1, 0.15) is 33.5 Å². The highest BCUT2D eigenvalue weighted by Gasteiger charge is 2.30. The molecule has 0 spiro atoms. The van der Waals surface area contributed by atoms with Gasteiger partial charge in [-0.25, -0.2) is 0 Å². The van der Waals surface area contributed by atoms with E-state index in [0.29, 0.717) is 0 Å². The summed E-state index contributed by atoms with van der Waals surface area (Å²) >= 11 is 0. The highest BCUT2D eigenvalue weighted by molar-refractivity contribution is 6.74. The van der Waals surface area contributed by atoms with Gasteiger partial charge < -0.3 is 23.1 Å². The number of nitrogens with zero attached hydrogens (tertiary/aromatic N) is 1. The van der Waals surface area contributed by atoms with E-state index >= 15 is 0 Å². The van der Waals surface area contributed by atoms with Crippen LogP contribution in [0.25, 0.3) is 104 Å². The lowest BCUT2D eigenvalue weighted by atomic mass is 9.58. The van der Waals surface area contributed by atoms with Crippen LogP contribution in [-0.2, 0) is 5.41 Å². The van der Waals surface area contributed by atoms with Crippen LogP contribution < -0.4 is 16.2 Å². The summed E-state index contributed by atoms with van der Waals surface area (Å²) in [5.74, 6) is 0. The van der Waals surface area contributed by atoms with Gasteiger partial charge in [0.05, 0.1) is 11.2 Å². The third-order valence-electron chi connectivity index (χ3n) is 12.7. The molecule has 6 heteroatoms. The van der Waals surface area contributed by atoms with Crippen molar-refractivity contribution in [3.05, 3.63) is 151 Å². The van der Waals surface area contributed by atoms with Crippen LogP contribution in [0.1, 0.15) is 31.9 Å². The van der Waals surface area contributed by atoms with Crippen LogP contribution in [0.4, 0.5) is 11.4 Å². The minimum atomic E-state index is 0.0566. The number of hydrogen-bond donors (Lipinski definition) is 1. The van der Waals surface area contributed by atoms with E-state index in [1.165, 1.54) is 32.9 Å². The van der Waals surface area contributed by atoms with Gasteiger partial charge in [-0.15, -0.1) is 0 Å². The quantitative estimate of drug-likeness (QED) is 0.182. The van der Waals surface area contributed by atoms with Crippen molar-refractivity contribution in [3.63, 3.8) is 0 Å². The molecule has 0 fully saturated rings. The van der Waals surface area contributed by atoms with Crippen molar-refractivity contribution in [2.24, 2.45) is 0 Å². The number of furan rings is 3. The van der Waals surface area contributed by atoms with E-state index in [-0.39, 0.29) is 5.41 Å². The molecule has 8 aromatic carbocycles. The molecule has 1 aliphatic heterocycles. The minimum absolute atomic E-state index is 0.0566. The fourth-order valence-corrected chi connectivity index (χ4v) is 9.82. The number of benzene rings is 8. The lowest BCUT2D eigenvalue weighted by Crippen LogP contribution is -2.37. The van der Waals surface area contributed by atoms with Gasteiger partial charge in [0.15, 0.2) is 7.28 Å². The maximum atomic E-state index is 6.54. The molecule has 0 bridgehead atoms. The molecule has 1 aliphatic rings. The number of para-hydroxylation sites is 3. The molecule has 0 amide bonds. The first-order valence-corrected chi connectivity index (χ1v) is 20.3. The molecule has 5 nitrogen and oxygen atoms in total. The summed E-state index contributed by atoms with van der Waals surface area (Å²) in [6.07, 6.45) is 0. The monoisotopic (exact) mass is 759 g/mol. The fraction of sp³-hybridized carbons (Fsp3) is 0.0943. The molecular formula is C53H36BN2O3. The van der Waals surface area contributed by atoms with Gasteiger partial charge in [0.25, 0.3) is 0 Å². The van der Waals surface area contributed by atoms with E-state index in [9.17, 15) is 0 Å². The van der Waals surface area contributed by atoms with Crippen LogP contribution in [0.15, 0.2) is 153 Å². The third kappa shape index (κ3) is 4.63. The Morgan fingerprint density at radius 1 is 0.525 bits per heavy atom. The van der Waals surface area contributed by atoms with Crippen molar-refractivity contribution in [1.82, 2.24) is 4.57 Å². The maximum absolute atomic E-state index is 6.54. The standard InChI is InChI=1S/C53H36BN2O3/c1-28-21-38(34-22-35-31-11-5-8-14-44(31)57-47(35)25-41(34)55-30-19-17-29(18-20-30)53(2,3)4)51-52-50(28)39-23-36-32-12-6-9-15-45(32)58-48(36)26-42(39)56(52)43-27-49-37(24-40(43)54-51)33-13-7-10-16-46(33)59-49/h5-27,55H,1-4H3. The molecule has 5 heterocycles. The van der Waals surface area contributed by atoms with Gasteiger partial charge in [0, 0.05) is 83.7 Å². The highest BCUT2D eigenvalue weighted by Crippen LogP contribution is 2.45. The van der Waals surface area contributed by atoms with E-state index in [1.807, 2.05) is 18.2 Å². The predicted molar refractivity (Wildman–Crippen MR) is 246 cm³/mol. The number of rotatable bonds is 3. The van der Waals surface area contributed by atoms with Crippen molar-refractivity contribution < 1.29 is 13.3 Å². The summed E-state index contributed by atoms with van der Waals surface area (Å²) in [6.45, 7) is 9.01. The number of fused-ring (bicyclic) bond motifs is 14. The second kappa shape index (κ2) is 11.5. The number of hydrogen-bond acceptors (Lipinski definition) is 4. The Labute approximate surface area is 339 Å². The van der Waals surface area contributed by atoms with Gasteiger partial charge in [-0.05, 0) is 77.0 Å². The summed E-state index contributed by atoms with van der Waals surface area (Å²) in [5.41, 5.74) is 17.7. The molecule has 0 unspecified atom stereocenters. The summed E-state index contributed by atoms with van der Waals surface area (Å²) in [5, 5.41) is 12.9.